The topological polar surface area (TPSA) is 71.1 Å². The van der Waals surface area contributed by atoms with E-state index in [1.807, 2.05) is 37.3 Å². The minimum Gasteiger partial charge on any atom is -0.326 e. The molecule has 2 N–H and O–H groups in total. The van der Waals surface area contributed by atoms with Crippen molar-refractivity contribution in [1.29, 1.82) is 0 Å². The van der Waals surface area contributed by atoms with Crippen LogP contribution >= 0.6 is 0 Å². The van der Waals surface area contributed by atoms with Crippen molar-refractivity contribution in [3.8, 4) is 0 Å². The van der Waals surface area contributed by atoms with Crippen molar-refractivity contribution in [2.24, 2.45) is 0 Å². The number of benzene rings is 2. The number of amides is 2. The summed E-state index contributed by atoms with van der Waals surface area (Å²) in [6.45, 7) is 3.40. The van der Waals surface area contributed by atoms with E-state index in [1.165, 1.54) is 6.92 Å². The molecule has 5 nitrogen and oxygen atoms in total. The molecule has 3 aromatic rings. The van der Waals surface area contributed by atoms with Gasteiger partial charge >= 0.3 is 0 Å². The quantitative estimate of drug-likeness (QED) is 0.765. The lowest BCUT2D eigenvalue weighted by molar-refractivity contribution is -0.116. The number of hydrogen-bond acceptors (Lipinski definition) is 3. The standard InChI is InChI=1S/C20H19N3O2/c1-13-10-15-6-3-4-9-18(15)23-19(13)12-20(25)22-17-8-5-7-16(11-17)21-14(2)24/h3-11H,12H2,1-2H3,(H,21,24)(H,22,25). The maximum atomic E-state index is 12.4. The van der Waals surface area contributed by atoms with Crippen molar-refractivity contribution in [2.45, 2.75) is 20.3 Å². The Kier molecular flexibility index (Phi) is 4.75. The van der Waals surface area contributed by atoms with E-state index < -0.39 is 0 Å². The Hall–Kier alpha value is -3.21. The van der Waals surface area contributed by atoms with Crippen LogP contribution in [0.1, 0.15) is 18.2 Å². The fourth-order valence-electron chi connectivity index (χ4n) is 2.68. The van der Waals surface area contributed by atoms with E-state index in [4.69, 9.17) is 0 Å². The predicted octanol–water partition coefficient (Wildman–Crippen LogP) is 3.68. The Labute approximate surface area is 146 Å². The van der Waals surface area contributed by atoms with Gasteiger partial charge in [-0.1, -0.05) is 24.3 Å². The molecule has 0 saturated carbocycles. The average molecular weight is 333 g/mol. The first-order valence-electron chi connectivity index (χ1n) is 8.04. The number of hydrogen-bond donors (Lipinski definition) is 2. The molecule has 0 radical (unpaired) electrons. The van der Waals surface area contributed by atoms with Crippen LogP contribution < -0.4 is 10.6 Å². The molecule has 0 atom stereocenters. The first kappa shape index (κ1) is 16.6. The third-order valence-corrected chi connectivity index (χ3v) is 3.81. The molecular formula is C20H19N3O2. The lowest BCUT2D eigenvalue weighted by Gasteiger charge is -2.10. The second-order valence-electron chi connectivity index (χ2n) is 5.93. The van der Waals surface area contributed by atoms with Crippen molar-refractivity contribution >= 4 is 34.1 Å². The van der Waals surface area contributed by atoms with Gasteiger partial charge in [0.15, 0.2) is 0 Å². The van der Waals surface area contributed by atoms with Gasteiger partial charge in [0.1, 0.15) is 0 Å². The highest BCUT2D eigenvalue weighted by Crippen LogP contribution is 2.18. The number of nitrogens with one attached hydrogen (secondary N) is 2. The summed E-state index contributed by atoms with van der Waals surface area (Å²) >= 11 is 0. The zero-order valence-corrected chi connectivity index (χ0v) is 14.2. The molecule has 2 amide bonds. The number of carbonyl (C=O) groups is 2. The van der Waals surface area contributed by atoms with Crippen LogP contribution in [0.5, 0.6) is 0 Å². The number of anilines is 2. The van der Waals surface area contributed by atoms with Crippen LogP contribution in [0.15, 0.2) is 54.6 Å². The first-order valence-corrected chi connectivity index (χ1v) is 8.04. The van der Waals surface area contributed by atoms with Gasteiger partial charge in [-0.2, -0.15) is 0 Å². The maximum absolute atomic E-state index is 12.4. The number of pyridine rings is 1. The Morgan fingerprint density at radius 2 is 1.68 bits per heavy atom. The third-order valence-electron chi connectivity index (χ3n) is 3.81. The van der Waals surface area contributed by atoms with Gasteiger partial charge in [-0.05, 0) is 42.8 Å². The molecule has 0 aliphatic rings. The highest BCUT2D eigenvalue weighted by atomic mass is 16.2. The van der Waals surface area contributed by atoms with E-state index in [-0.39, 0.29) is 18.2 Å². The SMILES string of the molecule is CC(=O)Nc1cccc(NC(=O)Cc2nc3ccccc3cc2C)c1. The van der Waals surface area contributed by atoms with Crippen molar-refractivity contribution in [3.63, 3.8) is 0 Å². The van der Waals surface area contributed by atoms with Crippen LogP contribution in [-0.4, -0.2) is 16.8 Å². The average Bonchev–Trinajstić information content (AvgIpc) is 2.55. The summed E-state index contributed by atoms with van der Waals surface area (Å²) < 4.78 is 0. The number of aromatic nitrogens is 1. The summed E-state index contributed by atoms with van der Waals surface area (Å²) in [6, 6.07) is 16.9. The number of aryl methyl sites for hydroxylation is 1. The van der Waals surface area contributed by atoms with Gasteiger partial charge in [-0.15, -0.1) is 0 Å². The number of rotatable bonds is 4. The molecule has 0 spiro atoms. The summed E-state index contributed by atoms with van der Waals surface area (Å²) in [5, 5.41) is 6.61. The van der Waals surface area contributed by atoms with Crippen molar-refractivity contribution in [2.75, 3.05) is 10.6 Å². The van der Waals surface area contributed by atoms with Crippen LogP contribution in [0.2, 0.25) is 0 Å². The Morgan fingerprint density at radius 1 is 0.960 bits per heavy atom. The molecule has 0 aliphatic heterocycles. The van der Waals surface area contributed by atoms with Crippen LogP contribution in [0.4, 0.5) is 11.4 Å². The molecular weight excluding hydrogens is 314 g/mol. The van der Waals surface area contributed by atoms with Crippen molar-refractivity contribution < 1.29 is 9.59 Å². The van der Waals surface area contributed by atoms with E-state index in [0.717, 1.165) is 22.2 Å². The monoisotopic (exact) mass is 333 g/mol. The lowest BCUT2D eigenvalue weighted by Crippen LogP contribution is -2.16. The summed E-state index contributed by atoms with van der Waals surface area (Å²) in [7, 11) is 0. The van der Waals surface area contributed by atoms with Crippen LogP contribution in [-0.2, 0) is 16.0 Å². The maximum Gasteiger partial charge on any atom is 0.230 e. The molecule has 2 aromatic carbocycles. The molecule has 25 heavy (non-hydrogen) atoms. The summed E-state index contributed by atoms with van der Waals surface area (Å²) in [5.74, 6) is -0.301. The van der Waals surface area contributed by atoms with Gasteiger partial charge < -0.3 is 10.6 Å². The highest BCUT2D eigenvalue weighted by molar-refractivity contribution is 5.94. The fraction of sp³-hybridized carbons (Fsp3) is 0.150. The smallest absolute Gasteiger partial charge is 0.230 e. The Bertz CT molecular complexity index is 951. The van der Waals surface area contributed by atoms with Crippen LogP contribution in [0, 0.1) is 6.92 Å². The predicted molar refractivity (Wildman–Crippen MR) is 99.6 cm³/mol. The van der Waals surface area contributed by atoms with E-state index in [9.17, 15) is 9.59 Å². The second kappa shape index (κ2) is 7.13. The minimum atomic E-state index is -0.153. The highest BCUT2D eigenvalue weighted by Gasteiger charge is 2.10. The largest absolute Gasteiger partial charge is 0.326 e. The molecule has 0 saturated heterocycles. The van der Waals surface area contributed by atoms with Crippen molar-refractivity contribution in [3.05, 3.63) is 65.9 Å². The van der Waals surface area contributed by atoms with Crippen molar-refractivity contribution in [1.82, 2.24) is 4.98 Å². The van der Waals surface area contributed by atoms with E-state index in [1.54, 1.807) is 24.3 Å². The van der Waals surface area contributed by atoms with E-state index >= 15 is 0 Å². The number of nitrogens with zero attached hydrogens (tertiary/aromatic N) is 1. The first-order chi connectivity index (χ1) is 12.0. The van der Waals surface area contributed by atoms with Crippen LogP contribution in [0.25, 0.3) is 10.9 Å². The van der Waals surface area contributed by atoms with Gasteiger partial charge in [0, 0.05) is 23.7 Å². The zero-order valence-electron chi connectivity index (χ0n) is 14.2. The minimum absolute atomic E-state index is 0.147. The summed E-state index contributed by atoms with van der Waals surface area (Å²) in [4.78, 5) is 28.1. The molecule has 0 fully saturated rings. The molecule has 0 unspecified atom stereocenters. The fourth-order valence-corrected chi connectivity index (χ4v) is 2.68. The van der Waals surface area contributed by atoms with Crippen LogP contribution in [0.3, 0.4) is 0 Å². The van der Waals surface area contributed by atoms with E-state index in [2.05, 4.69) is 15.6 Å². The number of para-hydroxylation sites is 1. The molecule has 0 bridgehead atoms. The number of carbonyl (C=O) groups excluding carboxylic acids is 2. The zero-order chi connectivity index (χ0) is 17.8. The molecule has 1 heterocycles. The molecule has 5 heteroatoms. The molecule has 126 valence electrons. The molecule has 0 aliphatic carbocycles. The van der Waals surface area contributed by atoms with Gasteiger partial charge in [0.05, 0.1) is 17.6 Å². The Balaban J connectivity index is 1.74. The van der Waals surface area contributed by atoms with Gasteiger partial charge in [-0.25, -0.2) is 0 Å². The molecule has 1 aromatic heterocycles. The normalized spacial score (nSPS) is 10.5. The lowest BCUT2D eigenvalue weighted by atomic mass is 10.1. The van der Waals surface area contributed by atoms with Gasteiger partial charge in [0.25, 0.3) is 0 Å². The van der Waals surface area contributed by atoms with Gasteiger partial charge in [-0.3, -0.25) is 14.6 Å². The number of fused-ring (bicyclic) bond motifs is 1. The summed E-state index contributed by atoms with van der Waals surface area (Å²) in [6.07, 6.45) is 0.195. The van der Waals surface area contributed by atoms with Gasteiger partial charge in [0.2, 0.25) is 11.8 Å². The molecule has 3 rings (SSSR count). The Morgan fingerprint density at radius 3 is 2.44 bits per heavy atom. The second-order valence-corrected chi connectivity index (χ2v) is 5.93. The van der Waals surface area contributed by atoms with E-state index in [0.29, 0.717) is 11.4 Å². The third kappa shape index (κ3) is 4.20. The summed E-state index contributed by atoms with van der Waals surface area (Å²) in [5.41, 5.74) is 3.90.